The molecule has 3 N–H and O–H groups in total. The van der Waals surface area contributed by atoms with Gasteiger partial charge < -0.3 is 10.3 Å². The molecule has 0 heterocycles. The van der Waals surface area contributed by atoms with E-state index in [9.17, 15) is 10.1 Å². The molecule has 6 heteroatoms. The number of nitrogen functional groups attached to an aromatic ring is 1. The zero-order valence-electron chi connectivity index (χ0n) is 11.2. The zero-order valence-corrected chi connectivity index (χ0v) is 11.2. The normalized spacial score (nSPS) is 12.3. The highest BCUT2D eigenvalue weighted by Gasteiger charge is 2.17. The molecule has 0 aliphatic carbocycles. The van der Waals surface area contributed by atoms with Gasteiger partial charge in [-0.25, -0.2) is 0 Å². The third-order valence-electron chi connectivity index (χ3n) is 3.26. The first-order valence-electron chi connectivity index (χ1n) is 5.85. The van der Waals surface area contributed by atoms with Gasteiger partial charge in [0.1, 0.15) is 0 Å². The number of anilines is 2. The summed E-state index contributed by atoms with van der Waals surface area (Å²) in [5, 5.41) is 10.9. The molecule has 0 aliphatic rings. The molecule has 1 atom stereocenters. The third-order valence-corrected chi connectivity index (χ3v) is 3.26. The van der Waals surface area contributed by atoms with Gasteiger partial charge in [-0.1, -0.05) is 13.8 Å². The molecule has 0 radical (unpaired) electrons. The van der Waals surface area contributed by atoms with E-state index >= 15 is 0 Å². The molecule has 0 saturated carbocycles. The van der Waals surface area contributed by atoms with Crippen molar-refractivity contribution in [1.82, 2.24) is 0 Å². The Kier molecular flexibility index (Phi) is 4.49. The predicted molar refractivity (Wildman–Crippen MR) is 73.6 cm³/mol. The smallest absolute Gasteiger partial charge is 0.273 e. The Labute approximate surface area is 107 Å². The number of hydrogen-bond donors (Lipinski definition) is 2. The number of nitro groups is 1. The molecule has 0 aromatic heterocycles. The first-order valence-corrected chi connectivity index (χ1v) is 5.85. The summed E-state index contributed by atoms with van der Waals surface area (Å²) in [4.78, 5) is 12.5. The number of nitrogens with two attached hydrogens (primary N) is 1. The lowest BCUT2D eigenvalue weighted by atomic mass is 10.0. The number of benzene rings is 1. The lowest BCUT2D eigenvalue weighted by molar-refractivity contribution is -0.384. The van der Waals surface area contributed by atoms with Crippen LogP contribution in [0.4, 0.5) is 17.1 Å². The van der Waals surface area contributed by atoms with Crippen molar-refractivity contribution in [3.63, 3.8) is 0 Å². The van der Waals surface area contributed by atoms with Crippen LogP contribution in [0.3, 0.4) is 0 Å². The predicted octanol–water partition coefficient (Wildman–Crippen LogP) is 2.36. The van der Waals surface area contributed by atoms with E-state index in [1.54, 1.807) is 12.1 Å². The number of nitrogens with zero attached hydrogens (tertiary/aromatic N) is 2. The van der Waals surface area contributed by atoms with Crippen LogP contribution in [0.25, 0.3) is 0 Å². The van der Waals surface area contributed by atoms with Crippen LogP contribution in [0.5, 0.6) is 0 Å². The second-order valence-electron chi connectivity index (χ2n) is 4.74. The maximum atomic E-state index is 10.9. The summed E-state index contributed by atoms with van der Waals surface area (Å²) in [7, 11) is 1.92. The van der Waals surface area contributed by atoms with E-state index in [1.807, 2.05) is 11.9 Å². The van der Waals surface area contributed by atoms with Crippen LogP contribution in [0, 0.1) is 16.0 Å². The van der Waals surface area contributed by atoms with Crippen LogP contribution < -0.4 is 16.2 Å². The van der Waals surface area contributed by atoms with Crippen molar-refractivity contribution in [1.29, 1.82) is 0 Å². The third kappa shape index (κ3) is 3.10. The molecular weight excluding hydrogens is 232 g/mol. The summed E-state index contributed by atoms with van der Waals surface area (Å²) in [6.07, 6.45) is 0. The molecule has 18 heavy (non-hydrogen) atoms. The lowest BCUT2D eigenvalue weighted by Gasteiger charge is -2.30. The van der Waals surface area contributed by atoms with Gasteiger partial charge in [-0.15, -0.1) is 0 Å². The molecule has 0 aliphatic heterocycles. The van der Waals surface area contributed by atoms with Gasteiger partial charge in [0.05, 0.1) is 10.6 Å². The second kappa shape index (κ2) is 5.68. The van der Waals surface area contributed by atoms with Crippen LogP contribution in [0.2, 0.25) is 0 Å². The minimum atomic E-state index is -0.418. The number of hydrogen-bond acceptors (Lipinski definition) is 5. The van der Waals surface area contributed by atoms with Gasteiger partial charge in [0.15, 0.2) is 0 Å². The van der Waals surface area contributed by atoms with Crippen molar-refractivity contribution < 1.29 is 4.92 Å². The summed E-state index contributed by atoms with van der Waals surface area (Å²) in [5.74, 6) is 5.78. The first kappa shape index (κ1) is 14.2. The molecular formula is C12H20N4O2. The molecule has 0 fully saturated rings. The minimum Gasteiger partial charge on any atom is -0.371 e. The minimum absolute atomic E-state index is 0.0308. The van der Waals surface area contributed by atoms with Gasteiger partial charge in [0.2, 0.25) is 0 Å². The molecule has 1 unspecified atom stereocenters. The van der Waals surface area contributed by atoms with Crippen LogP contribution in [-0.4, -0.2) is 18.0 Å². The van der Waals surface area contributed by atoms with Gasteiger partial charge >= 0.3 is 0 Å². The Morgan fingerprint density at radius 2 is 1.94 bits per heavy atom. The lowest BCUT2D eigenvalue weighted by Crippen LogP contribution is -2.33. The fourth-order valence-corrected chi connectivity index (χ4v) is 1.67. The summed E-state index contributed by atoms with van der Waals surface area (Å²) in [6, 6.07) is 5.04. The monoisotopic (exact) mass is 252 g/mol. The molecule has 0 saturated heterocycles. The Morgan fingerprint density at radius 3 is 2.39 bits per heavy atom. The molecule has 1 aromatic rings. The molecule has 1 rings (SSSR count). The van der Waals surface area contributed by atoms with E-state index < -0.39 is 4.92 Å². The topological polar surface area (TPSA) is 84.4 Å². The van der Waals surface area contributed by atoms with Gasteiger partial charge in [0, 0.05) is 30.9 Å². The summed E-state index contributed by atoms with van der Waals surface area (Å²) in [6.45, 7) is 6.31. The molecule has 100 valence electrons. The van der Waals surface area contributed by atoms with Gasteiger partial charge in [-0.3, -0.25) is 16.0 Å². The largest absolute Gasteiger partial charge is 0.371 e. The highest BCUT2D eigenvalue weighted by atomic mass is 16.6. The maximum Gasteiger partial charge on any atom is 0.273 e. The standard InChI is InChI=1S/C12H20N4O2/c1-8(2)9(3)15(4)11-5-10(14-13)6-12(7-11)16(17)18/h5-9,14H,13H2,1-4H3. The molecule has 1 aromatic carbocycles. The Bertz CT molecular complexity index is 434. The molecule has 0 amide bonds. The zero-order chi connectivity index (χ0) is 13.9. The maximum absolute atomic E-state index is 10.9. The average Bonchev–Trinajstić information content (AvgIpc) is 2.35. The fourth-order valence-electron chi connectivity index (χ4n) is 1.67. The van der Waals surface area contributed by atoms with Crippen LogP contribution in [0.15, 0.2) is 18.2 Å². The van der Waals surface area contributed by atoms with Gasteiger partial charge in [-0.2, -0.15) is 0 Å². The molecule has 0 bridgehead atoms. The van der Waals surface area contributed by atoms with Gasteiger partial charge in [-0.05, 0) is 18.9 Å². The van der Waals surface area contributed by atoms with Crippen LogP contribution >= 0.6 is 0 Å². The highest BCUT2D eigenvalue weighted by Crippen LogP contribution is 2.28. The Hall–Kier alpha value is -1.82. The number of nitro benzene ring substituents is 1. The van der Waals surface area contributed by atoms with Crippen molar-refractivity contribution in [2.75, 3.05) is 17.4 Å². The Balaban J connectivity index is 3.15. The highest BCUT2D eigenvalue weighted by molar-refractivity contribution is 5.64. The van der Waals surface area contributed by atoms with E-state index in [-0.39, 0.29) is 11.7 Å². The van der Waals surface area contributed by atoms with E-state index in [2.05, 4.69) is 26.2 Å². The summed E-state index contributed by atoms with van der Waals surface area (Å²) in [5.41, 5.74) is 3.79. The van der Waals surface area contributed by atoms with E-state index in [4.69, 9.17) is 5.84 Å². The fraction of sp³-hybridized carbons (Fsp3) is 0.500. The number of hydrazine groups is 1. The van der Waals surface area contributed by atoms with Crippen molar-refractivity contribution >= 4 is 17.1 Å². The van der Waals surface area contributed by atoms with Crippen molar-refractivity contribution in [2.24, 2.45) is 11.8 Å². The van der Waals surface area contributed by atoms with Crippen molar-refractivity contribution in [2.45, 2.75) is 26.8 Å². The van der Waals surface area contributed by atoms with Crippen molar-refractivity contribution in [3.8, 4) is 0 Å². The number of non-ortho nitro benzene ring substituents is 1. The SMILES string of the molecule is CC(C)C(C)N(C)c1cc(NN)cc([N+](=O)[O-])c1. The molecule has 0 spiro atoms. The van der Waals surface area contributed by atoms with E-state index in [1.165, 1.54) is 6.07 Å². The quantitative estimate of drug-likeness (QED) is 0.477. The summed E-state index contributed by atoms with van der Waals surface area (Å²) >= 11 is 0. The van der Waals surface area contributed by atoms with Crippen molar-refractivity contribution in [3.05, 3.63) is 28.3 Å². The van der Waals surface area contributed by atoms with Gasteiger partial charge in [0.25, 0.3) is 5.69 Å². The van der Waals surface area contributed by atoms with Crippen LogP contribution in [-0.2, 0) is 0 Å². The van der Waals surface area contributed by atoms with E-state index in [0.717, 1.165) is 5.69 Å². The second-order valence-corrected chi connectivity index (χ2v) is 4.74. The molecule has 6 nitrogen and oxygen atoms in total. The van der Waals surface area contributed by atoms with E-state index in [0.29, 0.717) is 11.6 Å². The Morgan fingerprint density at radius 1 is 1.33 bits per heavy atom. The van der Waals surface area contributed by atoms with Crippen LogP contribution in [0.1, 0.15) is 20.8 Å². The number of nitrogens with one attached hydrogen (secondary N) is 1. The first-order chi connectivity index (χ1) is 8.36. The average molecular weight is 252 g/mol. The summed E-state index contributed by atoms with van der Waals surface area (Å²) < 4.78 is 0. The number of rotatable bonds is 5.